The number of rotatable bonds is 3. The number of amides is 1. The van der Waals surface area contributed by atoms with Crippen LogP contribution in [0.25, 0.3) is 10.8 Å². The van der Waals surface area contributed by atoms with E-state index < -0.39 is 0 Å². The summed E-state index contributed by atoms with van der Waals surface area (Å²) in [4.78, 5) is 12.2. The Hall–Kier alpha value is -2.72. The first-order valence-electron chi connectivity index (χ1n) is 8.39. The quantitative estimate of drug-likeness (QED) is 0.705. The van der Waals surface area contributed by atoms with Gasteiger partial charge in [0, 0.05) is 11.1 Å². The second-order valence-electron chi connectivity index (χ2n) is 6.28. The van der Waals surface area contributed by atoms with Crippen molar-refractivity contribution in [2.24, 2.45) is 0 Å². The lowest BCUT2D eigenvalue weighted by atomic mass is 10.0. The number of hydrogen-bond donors (Lipinski definition) is 2. The minimum Gasteiger partial charge on any atom is -0.332 e. The van der Waals surface area contributed by atoms with Crippen molar-refractivity contribution >= 4 is 39.7 Å². The van der Waals surface area contributed by atoms with Crippen LogP contribution in [-0.2, 0) is 24.1 Å². The van der Waals surface area contributed by atoms with Crippen molar-refractivity contribution in [3.8, 4) is 0 Å². The molecule has 124 valence electrons. The smallest absolute Gasteiger partial charge is 0.230 e. The number of carbonyl (C=O) groups excluding carboxylic acids is 1. The Morgan fingerprint density at radius 3 is 2.48 bits per heavy atom. The van der Waals surface area contributed by atoms with E-state index in [9.17, 15) is 4.79 Å². The molecule has 2 N–H and O–H groups in total. The van der Waals surface area contributed by atoms with Crippen LogP contribution in [0, 0.1) is 0 Å². The van der Waals surface area contributed by atoms with Gasteiger partial charge in [-0.25, -0.2) is 0 Å². The molecule has 0 bridgehead atoms. The summed E-state index contributed by atoms with van der Waals surface area (Å²) < 4.78 is 0. The van der Waals surface area contributed by atoms with E-state index in [4.69, 9.17) is 12.2 Å². The van der Waals surface area contributed by atoms with E-state index in [1.807, 2.05) is 36.4 Å². The maximum Gasteiger partial charge on any atom is 0.230 e. The topological polar surface area (TPSA) is 41.1 Å². The Balaban J connectivity index is 1.48. The largest absolute Gasteiger partial charge is 0.332 e. The highest BCUT2D eigenvalue weighted by atomic mass is 32.1. The molecule has 0 heterocycles. The van der Waals surface area contributed by atoms with Gasteiger partial charge in [-0.1, -0.05) is 54.6 Å². The molecular formula is C21H18N2OS. The number of nitrogens with one attached hydrogen (secondary N) is 2. The van der Waals surface area contributed by atoms with Crippen LogP contribution in [0.1, 0.15) is 16.7 Å². The van der Waals surface area contributed by atoms with Crippen LogP contribution >= 0.6 is 12.2 Å². The van der Waals surface area contributed by atoms with Gasteiger partial charge in [-0.05, 0) is 53.2 Å². The first kappa shape index (κ1) is 15.8. The van der Waals surface area contributed by atoms with Crippen molar-refractivity contribution in [2.75, 3.05) is 5.32 Å². The van der Waals surface area contributed by atoms with E-state index in [1.54, 1.807) is 0 Å². The van der Waals surface area contributed by atoms with Crippen molar-refractivity contribution < 1.29 is 4.79 Å². The SMILES string of the molecule is O=C(Cc1ccccc1)NC(=S)Nc1ccc2c3c(cccc13)CC2. The Morgan fingerprint density at radius 2 is 1.68 bits per heavy atom. The van der Waals surface area contributed by atoms with Crippen LogP contribution in [0.4, 0.5) is 5.69 Å². The Bertz CT molecular complexity index is 956. The molecule has 0 unspecified atom stereocenters. The van der Waals surface area contributed by atoms with Gasteiger partial charge < -0.3 is 10.6 Å². The summed E-state index contributed by atoms with van der Waals surface area (Å²) in [5.41, 5.74) is 4.67. The maximum atomic E-state index is 12.2. The van der Waals surface area contributed by atoms with Gasteiger partial charge in [0.1, 0.15) is 0 Å². The number of benzene rings is 3. The fraction of sp³-hybridized carbons (Fsp3) is 0.143. The van der Waals surface area contributed by atoms with Gasteiger partial charge in [0.15, 0.2) is 5.11 Å². The highest BCUT2D eigenvalue weighted by molar-refractivity contribution is 7.80. The first-order valence-corrected chi connectivity index (χ1v) is 8.80. The molecule has 0 atom stereocenters. The second kappa shape index (κ2) is 6.65. The highest BCUT2D eigenvalue weighted by Crippen LogP contribution is 2.34. The molecule has 3 aromatic carbocycles. The summed E-state index contributed by atoms with van der Waals surface area (Å²) in [7, 11) is 0. The summed E-state index contributed by atoms with van der Waals surface area (Å²) in [6.45, 7) is 0. The zero-order valence-electron chi connectivity index (χ0n) is 13.7. The van der Waals surface area contributed by atoms with E-state index >= 15 is 0 Å². The third-order valence-electron chi connectivity index (χ3n) is 4.59. The lowest BCUT2D eigenvalue weighted by molar-refractivity contribution is -0.119. The van der Waals surface area contributed by atoms with Gasteiger partial charge >= 0.3 is 0 Å². The molecular weight excluding hydrogens is 328 g/mol. The predicted octanol–water partition coefficient (Wildman–Crippen LogP) is 3.99. The van der Waals surface area contributed by atoms with Crippen molar-refractivity contribution in [3.63, 3.8) is 0 Å². The molecule has 1 aliphatic rings. The van der Waals surface area contributed by atoms with Crippen molar-refractivity contribution in [2.45, 2.75) is 19.3 Å². The molecule has 0 spiro atoms. The molecule has 0 aromatic heterocycles. The van der Waals surface area contributed by atoms with Crippen LogP contribution in [0.3, 0.4) is 0 Å². The first-order chi connectivity index (χ1) is 12.2. The molecule has 0 fully saturated rings. The minimum atomic E-state index is -0.116. The molecule has 0 saturated heterocycles. The third kappa shape index (κ3) is 3.26. The molecule has 0 saturated carbocycles. The van der Waals surface area contributed by atoms with E-state index in [1.165, 1.54) is 16.5 Å². The zero-order chi connectivity index (χ0) is 17.2. The predicted molar refractivity (Wildman–Crippen MR) is 106 cm³/mol. The highest BCUT2D eigenvalue weighted by Gasteiger charge is 2.16. The van der Waals surface area contributed by atoms with Gasteiger partial charge in [0.25, 0.3) is 0 Å². The fourth-order valence-electron chi connectivity index (χ4n) is 3.46. The maximum absolute atomic E-state index is 12.2. The number of carbonyl (C=O) groups is 1. The van der Waals surface area contributed by atoms with Crippen molar-refractivity contribution in [1.29, 1.82) is 0 Å². The van der Waals surface area contributed by atoms with E-state index in [0.717, 1.165) is 29.5 Å². The van der Waals surface area contributed by atoms with Gasteiger partial charge in [-0.2, -0.15) is 0 Å². The molecule has 3 aromatic rings. The van der Waals surface area contributed by atoms with Crippen LogP contribution in [0.5, 0.6) is 0 Å². The van der Waals surface area contributed by atoms with Crippen LogP contribution in [0.2, 0.25) is 0 Å². The number of hydrogen-bond acceptors (Lipinski definition) is 2. The van der Waals surface area contributed by atoms with E-state index in [-0.39, 0.29) is 5.91 Å². The van der Waals surface area contributed by atoms with Gasteiger partial charge in [0.05, 0.1) is 6.42 Å². The Morgan fingerprint density at radius 1 is 0.920 bits per heavy atom. The minimum absolute atomic E-state index is 0.116. The summed E-state index contributed by atoms with van der Waals surface area (Å²) in [5.74, 6) is -0.116. The number of anilines is 1. The second-order valence-corrected chi connectivity index (χ2v) is 6.68. The van der Waals surface area contributed by atoms with Crippen molar-refractivity contribution in [1.82, 2.24) is 5.32 Å². The van der Waals surface area contributed by atoms with Crippen LogP contribution < -0.4 is 10.6 Å². The molecule has 1 aliphatic carbocycles. The third-order valence-corrected chi connectivity index (χ3v) is 4.79. The average Bonchev–Trinajstić information content (AvgIpc) is 3.03. The Kier molecular flexibility index (Phi) is 4.20. The normalized spacial score (nSPS) is 12.2. The number of aryl methyl sites for hydroxylation is 2. The molecule has 4 heteroatoms. The molecule has 0 aliphatic heterocycles. The van der Waals surface area contributed by atoms with Gasteiger partial charge in [-0.15, -0.1) is 0 Å². The number of thiocarbonyl (C=S) groups is 1. The summed E-state index contributed by atoms with van der Waals surface area (Å²) in [6, 6.07) is 20.2. The summed E-state index contributed by atoms with van der Waals surface area (Å²) >= 11 is 5.33. The summed E-state index contributed by atoms with van der Waals surface area (Å²) in [6.07, 6.45) is 2.50. The zero-order valence-corrected chi connectivity index (χ0v) is 14.5. The van der Waals surface area contributed by atoms with E-state index in [2.05, 4.69) is 34.9 Å². The molecule has 4 rings (SSSR count). The van der Waals surface area contributed by atoms with Crippen molar-refractivity contribution in [3.05, 3.63) is 77.4 Å². The van der Waals surface area contributed by atoms with Crippen LogP contribution in [-0.4, -0.2) is 11.0 Å². The lowest BCUT2D eigenvalue weighted by Crippen LogP contribution is -2.35. The van der Waals surface area contributed by atoms with Gasteiger partial charge in [0.2, 0.25) is 5.91 Å². The van der Waals surface area contributed by atoms with Crippen LogP contribution in [0.15, 0.2) is 60.7 Å². The molecule has 3 nitrogen and oxygen atoms in total. The monoisotopic (exact) mass is 346 g/mol. The fourth-order valence-corrected chi connectivity index (χ4v) is 3.69. The molecule has 25 heavy (non-hydrogen) atoms. The Labute approximate surface area is 152 Å². The average molecular weight is 346 g/mol. The van der Waals surface area contributed by atoms with Gasteiger partial charge in [-0.3, -0.25) is 4.79 Å². The standard InChI is InChI=1S/C21H18N2OS/c24-19(13-14-5-2-1-3-6-14)23-21(25)22-18-12-11-16-10-9-15-7-4-8-17(18)20(15)16/h1-8,11-12H,9-10,13H2,(H2,22,23,24,25). The summed E-state index contributed by atoms with van der Waals surface area (Å²) in [5, 5.41) is 8.77. The van der Waals surface area contributed by atoms with E-state index in [0.29, 0.717) is 11.5 Å². The lowest BCUT2D eigenvalue weighted by Gasteiger charge is -2.13. The molecule has 1 amide bonds. The molecule has 0 radical (unpaired) electrons.